The Hall–Kier alpha value is -3.67. The molecule has 0 amide bonds. The second-order valence-corrected chi connectivity index (χ2v) is 9.54. The fourth-order valence-electron chi connectivity index (χ4n) is 5.06. The molecule has 0 spiro atoms. The number of fused-ring (bicyclic) bond motifs is 1. The summed E-state index contributed by atoms with van der Waals surface area (Å²) in [4.78, 5) is 14.0. The molecule has 6 heteroatoms. The molecule has 1 saturated carbocycles. The number of para-hydroxylation sites is 1. The number of nitrogens with two attached hydrogens (primary N) is 1. The van der Waals surface area contributed by atoms with Gasteiger partial charge < -0.3 is 10.2 Å². The van der Waals surface area contributed by atoms with Gasteiger partial charge in [0.15, 0.2) is 0 Å². The lowest BCUT2D eigenvalue weighted by Gasteiger charge is -2.38. The van der Waals surface area contributed by atoms with Crippen LogP contribution in [0.15, 0.2) is 88.2 Å². The van der Waals surface area contributed by atoms with Crippen molar-refractivity contribution >= 4 is 23.4 Å². The zero-order valence-electron chi connectivity index (χ0n) is 20.3. The standard InChI is InChI=1S/C30H27N3O2.ClH/c1-19-25(18-32-33(19)2)23-10-6-11-24-27(34)26(28(35-29(23)24)21-8-4-3-5-9-21)20-12-14-22(15-13-20)30(31)16-7-17-30;/h3-6,8-15,18H,7,16-17,31H2,1-2H3;1H. The average Bonchev–Trinajstić information content (AvgIpc) is 3.20. The van der Waals surface area contributed by atoms with Crippen LogP contribution < -0.4 is 11.2 Å². The first kappa shape index (κ1) is 24.0. The van der Waals surface area contributed by atoms with Crippen molar-refractivity contribution in [1.29, 1.82) is 0 Å². The molecule has 182 valence electrons. The van der Waals surface area contributed by atoms with Gasteiger partial charge in [-0.25, -0.2) is 0 Å². The molecule has 6 rings (SSSR count). The normalized spacial score (nSPS) is 14.3. The smallest absolute Gasteiger partial charge is 0.201 e. The van der Waals surface area contributed by atoms with Crippen LogP contribution in [0, 0.1) is 6.92 Å². The average molecular weight is 498 g/mol. The van der Waals surface area contributed by atoms with Gasteiger partial charge in [-0.3, -0.25) is 9.48 Å². The van der Waals surface area contributed by atoms with Gasteiger partial charge >= 0.3 is 0 Å². The Morgan fingerprint density at radius 1 is 0.917 bits per heavy atom. The first-order valence-electron chi connectivity index (χ1n) is 12.0. The maximum absolute atomic E-state index is 14.0. The minimum absolute atomic E-state index is 0. The Morgan fingerprint density at radius 3 is 2.25 bits per heavy atom. The van der Waals surface area contributed by atoms with Gasteiger partial charge in [-0.15, -0.1) is 12.4 Å². The van der Waals surface area contributed by atoms with Gasteiger partial charge in [0.1, 0.15) is 11.3 Å². The highest BCUT2D eigenvalue weighted by Crippen LogP contribution is 2.40. The van der Waals surface area contributed by atoms with Crippen molar-refractivity contribution in [3.63, 3.8) is 0 Å². The number of aromatic nitrogens is 2. The second kappa shape index (κ2) is 9.08. The molecule has 5 aromatic rings. The summed E-state index contributed by atoms with van der Waals surface area (Å²) in [7, 11) is 1.91. The molecule has 2 N–H and O–H groups in total. The van der Waals surface area contributed by atoms with Crippen LogP contribution in [0.2, 0.25) is 0 Å². The van der Waals surface area contributed by atoms with E-state index in [0.29, 0.717) is 22.3 Å². The van der Waals surface area contributed by atoms with E-state index >= 15 is 0 Å². The van der Waals surface area contributed by atoms with Gasteiger partial charge in [-0.1, -0.05) is 66.7 Å². The third kappa shape index (κ3) is 3.76. The minimum atomic E-state index is -0.245. The van der Waals surface area contributed by atoms with E-state index in [1.807, 2.05) is 85.5 Å². The van der Waals surface area contributed by atoms with Gasteiger partial charge in [0.2, 0.25) is 5.43 Å². The van der Waals surface area contributed by atoms with Gasteiger partial charge in [0.05, 0.1) is 17.1 Å². The Kier molecular flexibility index (Phi) is 6.07. The predicted octanol–water partition coefficient (Wildman–Crippen LogP) is 6.60. The molecule has 36 heavy (non-hydrogen) atoms. The number of nitrogens with zero attached hydrogens (tertiary/aromatic N) is 2. The van der Waals surface area contributed by atoms with E-state index in [9.17, 15) is 4.79 Å². The summed E-state index contributed by atoms with van der Waals surface area (Å²) in [6.07, 6.45) is 4.97. The number of hydrogen-bond acceptors (Lipinski definition) is 4. The zero-order valence-corrected chi connectivity index (χ0v) is 21.1. The third-order valence-corrected chi connectivity index (χ3v) is 7.47. The lowest BCUT2D eigenvalue weighted by Crippen LogP contribution is -2.43. The van der Waals surface area contributed by atoms with Gasteiger partial charge in [-0.2, -0.15) is 5.10 Å². The first-order valence-corrected chi connectivity index (χ1v) is 12.0. The highest BCUT2D eigenvalue weighted by atomic mass is 35.5. The fourth-order valence-corrected chi connectivity index (χ4v) is 5.06. The molecule has 2 aromatic heterocycles. The number of aryl methyl sites for hydroxylation is 1. The summed E-state index contributed by atoms with van der Waals surface area (Å²) >= 11 is 0. The van der Waals surface area contributed by atoms with Crippen LogP contribution in [0.1, 0.15) is 30.5 Å². The monoisotopic (exact) mass is 497 g/mol. The Bertz CT molecular complexity index is 1610. The molecule has 0 bridgehead atoms. The van der Waals surface area contributed by atoms with Crippen LogP contribution in [0.3, 0.4) is 0 Å². The molecule has 2 heterocycles. The Morgan fingerprint density at radius 2 is 1.64 bits per heavy atom. The van der Waals surface area contributed by atoms with Crippen LogP contribution in [0.4, 0.5) is 0 Å². The van der Waals surface area contributed by atoms with Gasteiger partial charge in [-0.05, 0) is 43.4 Å². The number of hydrogen-bond donors (Lipinski definition) is 1. The molecule has 0 saturated heterocycles. The van der Waals surface area contributed by atoms with Crippen molar-refractivity contribution in [3.8, 4) is 33.6 Å². The Labute approximate surface area is 216 Å². The molecule has 0 radical (unpaired) electrons. The number of benzene rings is 3. The lowest BCUT2D eigenvalue weighted by atomic mass is 9.72. The van der Waals surface area contributed by atoms with Gasteiger partial charge in [0, 0.05) is 35.0 Å². The molecule has 3 aromatic carbocycles. The van der Waals surface area contributed by atoms with Crippen molar-refractivity contribution in [2.24, 2.45) is 12.8 Å². The quantitative estimate of drug-likeness (QED) is 0.303. The van der Waals surface area contributed by atoms with Crippen molar-refractivity contribution < 1.29 is 4.42 Å². The topological polar surface area (TPSA) is 74.1 Å². The van der Waals surface area contributed by atoms with Crippen molar-refractivity contribution in [3.05, 3.63) is 100 Å². The van der Waals surface area contributed by atoms with E-state index < -0.39 is 0 Å². The van der Waals surface area contributed by atoms with Crippen LogP contribution in [0.25, 0.3) is 44.5 Å². The van der Waals surface area contributed by atoms with Crippen LogP contribution in [-0.2, 0) is 12.6 Å². The third-order valence-electron chi connectivity index (χ3n) is 7.47. The largest absolute Gasteiger partial charge is 0.454 e. The van der Waals surface area contributed by atoms with E-state index in [0.717, 1.165) is 52.8 Å². The summed E-state index contributed by atoms with van der Waals surface area (Å²) in [6.45, 7) is 2.01. The summed E-state index contributed by atoms with van der Waals surface area (Å²) in [5.41, 5.74) is 13.0. The van der Waals surface area contributed by atoms with Crippen LogP contribution >= 0.6 is 12.4 Å². The maximum Gasteiger partial charge on any atom is 0.201 e. The van der Waals surface area contributed by atoms with Crippen molar-refractivity contribution in [2.45, 2.75) is 31.7 Å². The summed E-state index contributed by atoms with van der Waals surface area (Å²) in [6, 6.07) is 23.7. The highest BCUT2D eigenvalue weighted by Gasteiger charge is 2.34. The van der Waals surface area contributed by atoms with E-state index in [4.69, 9.17) is 10.2 Å². The molecular weight excluding hydrogens is 470 g/mol. The first-order chi connectivity index (χ1) is 17.0. The van der Waals surface area contributed by atoms with Gasteiger partial charge in [0.25, 0.3) is 0 Å². The van der Waals surface area contributed by atoms with E-state index in [-0.39, 0.29) is 23.4 Å². The predicted molar refractivity (Wildman–Crippen MR) is 147 cm³/mol. The molecule has 0 unspecified atom stereocenters. The molecule has 1 fully saturated rings. The van der Waals surface area contributed by atoms with E-state index in [1.165, 1.54) is 0 Å². The molecule has 1 aliphatic carbocycles. The van der Waals surface area contributed by atoms with E-state index in [2.05, 4.69) is 17.2 Å². The summed E-state index contributed by atoms with van der Waals surface area (Å²) < 4.78 is 8.46. The maximum atomic E-state index is 14.0. The lowest BCUT2D eigenvalue weighted by molar-refractivity contribution is 0.253. The molecule has 5 nitrogen and oxygen atoms in total. The SMILES string of the molecule is Cc1c(-c2cccc3c(=O)c(-c4ccc(C5(N)CCC5)cc4)c(-c4ccccc4)oc23)cnn1C.Cl. The van der Waals surface area contributed by atoms with Crippen LogP contribution in [-0.4, -0.2) is 9.78 Å². The minimum Gasteiger partial charge on any atom is -0.454 e. The van der Waals surface area contributed by atoms with Crippen molar-refractivity contribution in [2.75, 3.05) is 0 Å². The van der Waals surface area contributed by atoms with Crippen LogP contribution in [0.5, 0.6) is 0 Å². The molecule has 0 aliphatic heterocycles. The highest BCUT2D eigenvalue weighted by molar-refractivity contribution is 5.97. The second-order valence-electron chi connectivity index (χ2n) is 9.54. The van der Waals surface area contributed by atoms with Crippen molar-refractivity contribution in [1.82, 2.24) is 9.78 Å². The summed E-state index contributed by atoms with van der Waals surface area (Å²) in [5.74, 6) is 0.566. The number of halogens is 1. The zero-order chi connectivity index (χ0) is 24.2. The summed E-state index contributed by atoms with van der Waals surface area (Å²) in [5, 5.41) is 4.95. The molecule has 0 atom stereocenters. The number of rotatable bonds is 4. The molecular formula is C30H28ClN3O2. The fraction of sp³-hybridized carbons (Fsp3) is 0.200. The molecule has 1 aliphatic rings. The van der Waals surface area contributed by atoms with E-state index in [1.54, 1.807) is 0 Å². The Balaban J connectivity index is 0.00000267.